The first-order valence-electron chi connectivity index (χ1n) is 10.7. The maximum Gasteiger partial charge on any atom is 0.359 e. The van der Waals surface area contributed by atoms with Crippen LogP contribution in [0.3, 0.4) is 0 Å². The van der Waals surface area contributed by atoms with Gasteiger partial charge in [0, 0.05) is 11.8 Å². The lowest BCUT2D eigenvalue weighted by atomic mass is 10.1. The van der Waals surface area contributed by atoms with Crippen molar-refractivity contribution in [3.8, 4) is 0 Å². The number of hydrogen-bond donors (Lipinski definition) is 5. The monoisotopic (exact) mass is 400 g/mol. The summed E-state index contributed by atoms with van der Waals surface area (Å²) in [7, 11) is 0. The minimum Gasteiger partial charge on any atom is -0.370 e. The molecule has 3 heterocycles. The fourth-order valence-corrected chi connectivity index (χ4v) is 4.02. The molecule has 29 heavy (non-hydrogen) atoms. The lowest BCUT2D eigenvalue weighted by Crippen LogP contribution is -3.24. The molecule has 2 aromatic rings. The Hall–Kier alpha value is -2.29. The van der Waals surface area contributed by atoms with E-state index in [-0.39, 0.29) is 0 Å². The molecule has 2 aliphatic heterocycles. The molecule has 4 rings (SSSR count). The predicted molar refractivity (Wildman–Crippen MR) is 113 cm³/mol. The van der Waals surface area contributed by atoms with Gasteiger partial charge in [-0.1, -0.05) is 0 Å². The highest BCUT2D eigenvalue weighted by Crippen LogP contribution is 2.21. The van der Waals surface area contributed by atoms with Crippen LogP contribution in [-0.4, -0.2) is 68.7 Å². The molecule has 1 atom stereocenters. The number of quaternary nitrogens is 2. The quantitative estimate of drug-likeness (QED) is 0.372. The molecule has 1 fully saturated rings. The lowest BCUT2D eigenvalue weighted by Gasteiger charge is -2.25. The number of aryl methyl sites for hydroxylation is 3. The summed E-state index contributed by atoms with van der Waals surface area (Å²) in [6.07, 6.45) is 1.24. The fraction of sp³-hybridized carbons (Fsp3) is 0.571. The highest BCUT2D eigenvalue weighted by Gasteiger charge is 2.22. The summed E-state index contributed by atoms with van der Waals surface area (Å²) in [4.78, 5) is 16.0. The summed E-state index contributed by atoms with van der Waals surface area (Å²) >= 11 is 0. The zero-order valence-corrected chi connectivity index (χ0v) is 17.8. The topological polar surface area (TPSA) is 81.9 Å². The Balaban J connectivity index is 1.31. The Morgan fingerprint density at radius 2 is 1.83 bits per heavy atom. The number of guanidine groups is 1. The number of nitrogens with one attached hydrogen (secondary N) is 5. The van der Waals surface area contributed by atoms with Crippen LogP contribution in [0.5, 0.6) is 0 Å². The highest BCUT2D eigenvalue weighted by molar-refractivity contribution is 5.89. The first-order chi connectivity index (χ1) is 14.1. The number of nitrogens with zero attached hydrogens (tertiary/aromatic N) is 2. The summed E-state index contributed by atoms with van der Waals surface area (Å²) in [5.41, 5.74) is 4.50. The summed E-state index contributed by atoms with van der Waals surface area (Å²) in [5, 5.41) is 7.88. The normalized spacial score (nSPS) is 20.4. The number of aromatic nitrogens is 2. The van der Waals surface area contributed by atoms with Gasteiger partial charge in [-0.15, -0.1) is 0 Å². The van der Waals surface area contributed by atoms with Crippen LogP contribution < -0.4 is 25.4 Å². The van der Waals surface area contributed by atoms with Crippen LogP contribution in [0.2, 0.25) is 0 Å². The Kier molecular flexibility index (Phi) is 6.22. The molecule has 2 aliphatic rings. The molecule has 0 bridgehead atoms. The van der Waals surface area contributed by atoms with E-state index in [1.807, 2.05) is 6.92 Å². The van der Waals surface area contributed by atoms with Crippen LogP contribution in [0.25, 0.3) is 10.9 Å². The molecule has 1 unspecified atom stereocenters. The molecule has 1 aromatic carbocycles. The molecule has 5 N–H and O–H groups in total. The van der Waals surface area contributed by atoms with Crippen molar-refractivity contribution in [1.82, 2.24) is 15.3 Å². The van der Waals surface area contributed by atoms with E-state index in [1.54, 1.807) is 4.90 Å². The lowest BCUT2D eigenvalue weighted by molar-refractivity contribution is -0.984. The number of rotatable bonds is 5. The third kappa shape index (κ3) is 5.01. The van der Waals surface area contributed by atoms with Gasteiger partial charge in [0.05, 0.1) is 37.5 Å². The number of anilines is 1. The molecule has 8 heteroatoms. The van der Waals surface area contributed by atoms with Crippen molar-refractivity contribution in [2.24, 2.45) is 0 Å². The van der Waals surface area contributed by atoms with Crippen LogP contribution >= 0.6 is 0 Å². The molecule has 0 radical (unpaired) electrons. The van der Waals surface area contributed by atoms with Gasteiger partial charge in [0.15, 0.2) is 13.3 Å². The van der Waals surface area contributed by atoms with E-state index in [9.17, 15) is 0 Å². The van der Waals surface area contributed by atoms with Crippen molar-refractivity contribution in [3.05, 3.63) is 29.0 Å². The zero-order valence-electron chi connectivity index (χ0n) is 17.8. The number of ether oxygens (including phenoxy) is 1. The van der Waals surface area contributed by atoms with Crippen molar-refractivity contribution in [2.45, 2.75) is 27.2 Å². The van der Waals surface area contributed by atoms with Crippen molar-refractivity contribution in [3.63, 3.8) is 0 Å². The summed E-state index contributed by atoms with van der Waals surface area (Å²) in [5.74, 6) is 1.52. The predicted octanol–water partition coefficient (Wildman–Crippen LogP) is -2.89. The third-order valence-electron chi connectivity index (χ3n) is 6.03. The van der Waals surface area contributed by atoms with Gasteiger partial charge in [0.25, 0.3) is 5.95 Å². The van der Waals surface area contributed by atoms with Crippen molar-refractivity contribution in [2.75, 3.05) is 58.0 Å². The van der Waals surface area contributed by atoms with Crippen LogP contribution in [-0.2, 0) is 4.74 Å². The second-order valence-electron chi connectivity index (χ2n) is 8.26. The standard InChI is InChI=1S/C21H31N7O/c1-15-11-18-17(3)24-21(25-19(18)12-16(15)2)26-20-22-13-28(14-23-20)6-4-5-27-7-9-29-10-8-27/h11-12H,4-10,13-14H2,1-3H3,(H2,22,23,24,25,26)/p+3. The van der Waals surface area contributed by atoms with E-state index < -0.39 is 0 Å². The van der Waals surface area contributed by atoms with Gasteiger partial charge in [-0.3, -0.25) is 4.90 Å². The molecule has 1 aromatic heterocycles. The number of morpholine rings is 1. The van der Waals surface area contributed by atoms with E-state index in [0.29, 0.717) is 5.95 Å². The first kappa shape index (κ1) is 20.0. The molecule has 0 aliphatic carbocycles. The smallest absolute Gasteiger partial charge is 0.359 e. The van der Waals surface area contributed by atoms with Gasteiger partial charge in [-0.05, 0) is 44.0 Å². The van der Waals surface area contributed by atoms with E-state index in [2.05, 4.69) is 46.6 Å². The van der Waals surface area contributed by atoms with Crippen LogP contribution in [0.1, 0.15) is 23.2 Å². The van der Waals surface area contributed by atoms with Crippen molar-refractivity contribution in [1.29, 1.82) is 0 Å². The van der Waals surface area contributed by atoms with Crippen molar-refractivity contribution < 1.29 is 19.5 Å². The largest absolute Gasteiger partial charge is 0.370 e. The molecule has 8 nitrogen and oxygen atoms in total. The highest BCUT2D eigenvalue weighted by atomic mass is 16.5. The van der Waals surface area contributed by atoms with Gasteiger partial charge >= 0.3 is 5.96 Å². The van der Waals surface area contributed by atoms with Crippen LogP contribution in [0.15, 0.2) is 12.1 Å². The molecular weight excluding hydrogens is 366 g/mol. The average Bonchev–Trinajstić information content (AvgIpc) is 2.72. The molecule has 1 saturated heterocycles. The second-order valence-corrected chi connectivity index (χ2v) is 8.26. The Labute approximate surface area is 172 Å². The van der Waals surface area contributed by atoms with Gasteiger partial charge in [0.2, 0.25) is 0 Å². The second kappa shape index (κ2) is 9.02. The van der Waals surface area contributed by atoms with E-state index >= 15 is 0 Å². The number of fused-ring (bicyclic) bond motifs is 1. The first-order valence-corrected chi connectivity index (χ1v) is 10.7. The Morgan fingerprint density at radius 1 is 1.07 bits per heavy atom. The molecule has 0 saturated carbocycles. The Bertz CT molecular complexity index is 892. The third-order valence-corrected chi connectivity index (χ3v) is 6.03. The van der Waals surface area contributed by atoms with Gasteiger partial charge in [-0.2, -0.15) is 4.98 Å². The minimum atomic E-state index is 0.632. The zero-order chi connectivity index (χ0) is 20.2. The number of hydrogen-bond acceptors (Lipinski definition) is 5. The maximum absolute atomic E-state index is 5.43. The van der Waals surface area contributed by atoms with E-state index in [0.717, 1.165) is 62.2 Å². The fourth-order valence-electron chi connectivity index (χ4n) is 4.02. The summed E-state index contributed by atoms with van der Waals surface area (Å²) in [6.45, 7) is 14.6. The van der Waals surface area contributed by atoms with Gasteiger partial charge in [-0.25, -0.2) is 20.6 Å². The van der Waals surface area contributed by atoms with Crippen LogP contribution in [0, 0.1) is 20.8 Å². The SMILES string of the molecule is Cc1cc2nc(NC3=[NH+]C[NH+](CCC[NH+]4CCOCC4)CN3)nc(C)c2cc1C. The maximum atomic E-state index is 5.43. The summed E-state index contributed by atoms with van der Waals surface area (Å²) in [6, 6.07) is 4.31. The van der Waals surface area contributed by atoms with Crippen LogP contribution in [0.4, 0.5) is 5.95 Å². The van der Waals surface area contributed by atoms with E-state index in [1.165, 1.54) is 35.5 Å². The molecule has 0 spiro atoms. The van der Waals surface area contributed by atoms with Gasteiger partial charge < -0.3 is 9.64 Å². The molecule has 0 amide bonds. The van der Waals surface area contributed by atoms with Crippen molar-refractivity contribution >= 4 is 22.8 Å². The number of benzene rings is 1. The molecule has 156 valence electrons. The molecular formula is C21H34N7O+3. The minimum absolute atomic E-state index is 0.632. The Morgan fingerprint density at radius 3 is 2.59 bits per heavy atom. The average molecular weight is 401 g/mol. The summed E-state index contributed by atoms with van der Waals surface area (Å²) < 4.78 is 5.43. The van der Waals surface area contributed by atoms with Gasteiger partial charge in [0.1, 0.15) is 13.1 Å². The van der Waals surface area contributed by atoms with E-state index in [4.69, 9.17) is 9.72 Å².